The summed E-state index contributed by atoms with van der Waals surface area (Å²) in [5.74, 6) is -0.653. The minimum atomic E-state index is -2.90. The highest BCUT2D eigenvalue weighted by molar-refractivity contribution is 7.73. The molecular weight excluding hydrogens is 350 g/mol. The van der Waals surface area contributed by atoms with Crippen molar-refractivity contribution in [2.24, 2.45) is 7.05 Å². The number of carbonyl (C=O) groups excluding carboxylic acids is 1. The molecule has 25 heavy (non-hydrogen) atoms. The summed E-state index contributed by atoms with van der Waals surface area (Å²) < 4.78 is 26.3. The van der Waals surface area contributed by atoms with Gasteiger partial charge in [-0.25, -0.2) is 22.6 Å². The molecule has 0 saturated carbocycles. The monoisotopic (exact) mass is 363 g/mol. The van der Waals surface area contributed by atoms with Crippen molar-refractivity contribution in [1.29, 1.82) is 0 Å². The number of imidazole rings is 1. The van der Waals surface area contributed by atoms with Crippen molar-refractivity contribution < 1.29 is 13.2 Å². The van der Waals surface area contributed by atoms with Crippen LogP contribution in [0.4, 0.5) is 11.4 Å². The van der Waals surface area contributed by atoms with Gasteiger partial charge in [0.15, 0.2) is 11.3 Å². The maximum atomic E-state index is 12.5. The van der Waals surface area contributed by atoms with Crippen molar-refractivity contribution in [2.75, 3.05) is 10.0 Å². The average Bonchev–Trinajstić information content (AvgIpc) is 2.99. The van der Waals surface area contributed by atoms with Gasteiger partial charge in [-0.1, -0.05) is 17.3 Å². The second-order valence-electron chi connectivity index (χ2n) is 5.10. The number of anilines is 2. The normalized spacial score (nSPS) is 11.0. The van der Waals surface area contributed by atoms with Gasteiger partial charge in [0.25, 0.3) is 5.91 Å². The molecule has 0 unspecified atom stereocenters. The molecule has 11 nitrogen and oxygen atoms in total. The second kappa shape index (κ2) is 6.32. The third-order valence-electron chi connectivity index (χ3n) is 3.44. The number of carbonyl (C=O) groups is 1. The molecule has 2 aromatic heterocycles. The molecule has 130 valence electrons. The highest BCUT2D eigenvalue weighted by Crippen LogP contribution is 2.26. The van der Waals surface area contributed by atoms with Crippen LogP contribution in [0.2, 0.25) is 0 Å². The molecule has 1 aromatic carbocycles. The number of rotatable bonds is 4. The lowest BCUT2D eigenvalue weighted by Gasteiger charge is -2.11. The summed E-state index contributed by atoms with van der Waals surface area (Å²) in [6, 6.07) is 4.89. The van der Waals surface area contributed by atoms with E-state index in [0.717, 1.165) is 9.08 Å². The van der Waals surface area contributed by atoms with E-state index in [9.17, 15) is 18.0 Å². The van der Waals surface area contributed by atoms with Crippen molar-refractivity contribution in [3.63, 3.8) is 0 Å². The molecular formula is C13H13N7O4S. The fourth-order valence-corrected chi connectivity index (χ4v) is 2.71. The van der Waals surface area contributed by atoms with Crippen LogP contribution in [0.5, 0.6) is 0 Å². The van der Waals surface area contributed by atoms with E-state index < -0.39 is 22.5 Å². The Hall–Kier alpha value is -3.28. The molecule has 0 atom stereocenters. The molecule has 12 heteroatoms. The molecule has 0 fully saturated rings. The van der Waals surface area contributed by atoms with E-state index in [1.54, 1.807) is 19.1 Å². The smallest absolute Gasteiger partial charge is 0.319 e. The number of thiol groups is 1. The first-order chi connectivity index (χ1) is 11.9. The summed E-state index contributed by atoms with van der Waals surface area (Å²) in [6.45, 7) is 1.69. The maximum absolute atomic E-state index is 12.5. The molecule has 3 rings (SSSR count). The number of nitrogens with one attached hydrogen (secondary N) is 2. The minimum Gasteiger partial charge on any atom is -0.319 e. The van der Waals surface area contributed by atoms with Crippen LogP contribution in [0.25, 0.3) is 5.65 Å². The molecule has 0 radical (unpaired) electrons. The van der Waals surface area contributed by atoms with Gasteiger partial charge in [-0.3, -0.25) is 9.52 Å². The van der Waals surface area contributed by atoms with Crippen LogP contribution in [-0.2, 0) is 17.9 Å². The Morgan fingerprint density at radius 1 is 1.28 bits per heavy atom. The lowest BCUT2D eigenvalue weighted by atomic mass is 10.1. The van der Waals surface area contributed by atoms with E-state index in [1.165, 1.54) is 19.4 Å². The van der Waals surface area contributed by atoms with Crippen molar-refractivity contribution in [3.05, 3.63) is 46.3 Å². The van der Waals surface area contributed by atoms with Gasteiger partial charge in [0, 0.05) is 7.05 Å². The quantitative estimate of drug-likeness (QED) is 0.522. The van der Waals surface area contributed by atoms with Crippen molar-refractivity contribution >= 4 is 33.8 Å². The standard InChI is InChI=1S/C13H13N7O4S/c1-7-4-3-5-8(9(7)17-25(23)24)15-12(21)10-11-16-18-19(2)13(22)20(11)6-14-10/h3-6,25H,1-2H3,(H,15,21)(H,17,23,24). The lowest BCUT2D eigenvalue weighted by Crippen LogP contribution is -2.27. The summed E-state index contributed by atoms with van der Waals surface area (Å²) in [4.78, 5) is 28.3. The number of para-hydroxylation sites is 1. The van der Waals surface area contributed by atoms with Crippen molar-refractivity contribution in [1.82, 2.24) is 24.4 Å². The van der Waals surface area contributed by atoms with Gasteiger partial charge in [0.1, 0.15) is 6.33 Å². The molecule has 0 aliphatic heterocycles. The number of fused-ring (bicyclic) bond motifs is 1. The number of hydrogen-bond acceptors (Lipinski definition) is 7. The maximum Gasteiger partial charge on any atom is 0.352 e. The average molecular weight is 363 g/mol. The molecule has 0 bridgehead atoms. The van der Waals surface area contributed by atoms with Crippen molar-refractivity contribution in [3.8, 4) is 0 Å². The Kier molecular flexibility index (Phi) is 4.19. The van der Waals surface area contributed by atoms with Crippen LogP contribution in [0.3, 0.4) is 0 Å². The fourth-order valence-electron chi connectivity index (χ4n) is 2.23. The summed E-state index contributed by atoms with van der Waals surface area (Å²) >= 11 is 0. The predicted octanol–water partition coefficient (Wildman–Crippen LogP) is -0.678. The minimum absolute atomic E-state index is 0.00216. The lowest BCUT2D eigenvalue weighted by molar-refractivity contribution is 0.102. The van der Waals surface area contributed by atoms with E-state index in [1.807, 2.05) is 0 Å². The highest BCUT2D eigenvalue weighted by atomic mass is 32.2. The van der Waals surface area contributed by atoms with Gasteiger partial charge in [-0.05, 0) is 18.6 Å². The number of amides is 1. The van der Waals surface area contributed by atoms with E-state index in [-0.39, 0.29) is 22.7 Å². The summed E-state index contributed by atoms with van der Waals surface area (Å²) in [5.41, 5.74) is 0.514. The summed E-state index contributed by atoms with van der Waals surface area (Å²) in [7, 11) is -1.48. The topological polar surface area (TPSA) is 140 Å². The first kappa shape index (κ1) is 16.6. The largest absolute Gasteiger partial charge is 0.352 e. The first-order valence-electron chi connectivity index (χ1n) is 6.97. The number of hydrogen-bond donors (Lipinski definition) is 3. The molecule has 0 aliphatic rings. The Morgan fingerprint density at radius 3 is 2.76 bits per heavy atom. The molecule has 3 aromatic rings. The van der Waals surface area contributed by atoms with Crippen molar-refractivity contribution in [2.45, 2.75) is 6.92 Å². The van der Waals surface area contributed by atoms with Gasteiger partial charge in [-0.2, -0.15) is 4.68 Å². The van der Waals surface area contributed by atoms with Crippen LogP contribution < -0.4 is 15.7 Å². The third-order valence-corrected chi connectivity index (χ3v) is 3.84. The Balaban J connectivity index is 2.00. The predicted molar refractivity (Wildman–Crippen MR) is 89.1 cm³/mol. The number of nitrogens with zero attached hydrogens (tertiary/aromatic N) is 5. The molecule has 0 saturated heterocycles. The van der Waals surface area contributed by atoms with Gasteiger partial charge in [-0.15, -0.1) is 5.10 Å². The van der Waals surface area contributed by atoms with Gasteiger partial charge in [0.2, 0.25) is 10.9 Å². The third kappa shape index (κ3) is 3.06. The van der Waals surface area contributed by atoms with E-state index in [4.69, 9.17) is 0 Å². The Bertz CT molecular complexity index is 1110. The summed E-state index contributed by atoms with van der Waals surface area (Å²) in [6.07, 6.45) is 1.17. The SMILES string of the molecule is Cc1cccc(NC(=O)c2ncn3c(=O)n(C)nnc23)c1N[SH](=O)=O. The van der Waals surface area contributed by atoms with Crippen LogP contribution in [0.1, 0.15) is 16.1 Å². The van der Waals surface area contributed by atoms with E-state index >= 15 is 0 Å². The first-order valence-corrected chi connectivity index (χ1v) is 8.15. The van der Waals surface area contributed by atoms with Gasteiger partial charge >= 0.3 is 5.69 Å². The Labute approximate surface area is 142 Å². The van der Waals surface area contributed by atoms with Crippen LogP contribution >= 0.6 is 0 Å². The molecule has 1 amide bonds. The number of aromatic nitrogens is 5. The molecule has 2 N–H and O–H groups in total. The van der Waals surface area contributed by atoms with E-state index in [0.29, 0.717) is 5.56 Å². The fraction of sp³-hybridized carbons (Fsp3) is 0.154. The van der Waals surface area contributed by atoms with Crippen LogP contribution in [0, 0.1) is 6.92 Å². The zero-order chi connectivity index (χ0) is 18.1. The van der Waals surface area contributed by atoms with E-state index in [2.05, 4.69) is 25.3 Å². The molecule has 0 aliphatic carbocycles. The summed E-state index contributed by atoms with van der Waals surface area (Å²) in [5, 5.41) is 9.98. The zero-order valence-corrected chi connectivity index (χ0v) is 14.0. The van der Waals surface area contributed by atoms with Gasteiger partial charge < -0.3 is 5.32 Å². The number of aryl methyl sites for hydroxylation is 2. The molecule has 2 heterocycles. The van der Waals surface area contributed by atoms with Crippen LogP contribution in [-0.4, -0.2) is 38.7 Å². The highest BCUT2D eigenvalue weighted by Gasteiger charge is 2.19. The van der Waals surface area contributed by atoms with Crippen LogP contribution in [0.15, 0.2) is 29.3 Å². The molecule has 0 spiro atoms. The number of benzene rings is 1. The van der Waals surface area contributed by atoms with Gasteiger partial charge in [0.05, 0.1) is 11.4 Å². The zero-order valence-electron chi connectivity index (χ0n) is 13.1. The Morgan fingerprint density at radius 2 is 2.04 bits per heavy atom. The second-order valence-corrected chi connectivity index (χ2v) is 5.84.